The zero-order valence-electron chi connectivity index (χ0n) is 10.6. The molecule has 0 spiro atoms. The van der Waals surface area contributed by atoms with E-state index in [0.717, 1.165) is 18.9 Å². The average molecular weight is 219 g/mol. The quantitative estimate of drug-likeness (QED) is 0.799. The van der Waals surface area contributed by atoms with Gasteiger partial charge >= 0.3 is 0 Å². The third-order valence-corrected chi connectivity index (χ3v) is 3.04. The van der Waals surface area contributed by atoms with Crippen LogP contribution in [-0.2, 0) is 5.41 Å². The summed E-state index contributed by atoms with van der Waals surface area (Å²) < 4.78 is 0. The molecular formula is C13H21N3. The molecule has 0 bridgehead atoms. The van der Waals surface area contributed by atoms with Crippen LogP contribution in [0.15, 0.2) is 12.3 Å². The van der Waals surface area contributed by atoms with Crippen LogP contribution in [0, 0.1) is 6.92 Å². The van der Waals surface area contributed by atoms with Gasteiger partial charge in [0.25, 0.3) is 0 Å². The topological polar surface area (TPSA) is 37.0 Å². The number of hydrogen-bond acceptors (Lipinski definition) is 3. The van der Waals surface area contributed by atoms with Gasteiger partial charge < -0.3 is 10.6 Å². The zero-order chi connectivity index (χ0) is 11.8. The molecule has 16 heavy (non-hydrogen) atoms. The van der Waals surface area contributed by atoms with E-state index >= 15 is 0 Å². The van der Waals surface area contributed by atoms with Gasteiger partial charge in [0.15, 0.2) is 0 Å². The van der Waals surface area contributed by atoms with Gasteiger partial charge in [-0.05, 0) is 29.5 Å². The molecule has 1 aromatic heterocycles. The fourth-order valence-electron chi connectivity index (χ4n) is 2.01. The summed E-state index contributed by atoms with van der Waals surface area (Å²) in [6.07, 6.45) is 1.97. The third-order valence-electron chi connectivity index (χ3n) is 3.04. The summed E-state index contributed by atoms with van der Waals surface area (Å²) in [4.78, 5) is 4.44. The van der Waals surface area contributed by atoms with E-state index in [2.05, 4.69) is 49.4 Å². The van der Waals surface area contributed by atoms with Crippen LogP contribution in [0.3, 0.4) is 0 Å². The maximum absolute atomic E-state index is 4.44. The monoisotopic (exact) mass is 219 g/mol. The smallest absolute Gasteiger partial charge is 0.126 e. The lowest BCUT2D eigenvalue weighted by atomic mass is 9.85. The first kappa shape index (κ1) is 11.4. The Bertz CT molecular complexity index is 375. The van der Waals surface area contributed by atoms with Gasteiger partial charge in [0.05, 0.1) is 6.04 Å². The highest BCUT2D eigenvalue weighted by atomic mass is 15.1. The van der Waals surface area contributed by atoms with Crippen molar-refractivity contribution >= 4 is 5.82 Å². The van der Waals surface area contributed by atoms with Crippen LogP contribution in [0.4, 0.5) is 5.82 Å². The molecule has 3 nitrogen and oxygen atoms in total. The highest BCUT2D eigenvalue weighted by molar-refractivity contribution is 5.44. The molecule has 1 aliphatic heterocycles. The highest BCUT2D eigenvalue weighted by Gasteiger charge is 2.20. The number of anilines is 1. The number of pyridine rings is 1. The second kappa shape index (κ2) is 4.06. The summed E-state index contributed by atoms with van der Waals surface area (Å²) in [6, 6.07) is 2.73. The van der Waals surface area contributed by atoms with E-state index in [9.17, 15) is 0 Å². The van der Waals surface area contributed by atoms with Gasteiger partial charge in [-0.25, -0.2) is 4.98 Å². The van der Waals surface area contributed by atoms with Gasteiger partial charge in [-0.2, -0.15) is 0 Å². The van der Waals surface area contributed by atoms with Gasteiger partial charge in [-0.1, -0.05) is 20.8 Å². The SMILES string of the molecule is Cc1cnc(NC2CNC2)cc1C(C)(C)C. The molecule has 1 fully saturated rings. The summed E-state index contributed by atoms with van der Waals surface area (Å²) in [5.74, 6) is 1.00. The Morgan fingerprint density at radius 2 is 2.06 bits per heavy atom. The fourth-order valence-corrected chi connectivity index (χ4v) is 2.01. The summed E-state index contributed by atoms with van der Waals surface area (Å²) >= 11 is 0. The zero-order valence-corrected chi connectivity index (χ0v) is 10.6. The van der Waals surface area contributed by atoms with Gasteiger partial charge in [0.2, 0.25) is 0 Å². The molecule has 0 radical (unpaired) electrons. The Morgan fingerprint density at radius 1 is 1.38 bits per heavy atom. The molecule has 0 saturated carbocycles. The summed E-state index contributed by atoms with van der Waals surface area (Å²) in [7, 11) is 0. The van der Waals surface area contributed by atoms with Crippen LogP contribution in [-0.4, -0.2) is 24.1 Å². The van der Waals surface area contributed by atoms with E-state index in [1.807, 2.05) is 6.20 Å². The van der Waals surface area contributed by atoms with E-state index in [1.165, 1.54) is 11.1 Å². The van der Waals surface area contributed by atoms with E-state index in [-0.39, 0.29) is 5.41 Å². The predicted molar refractivity (Wildman–Crippen MR) is 68.0 cm³/mol. The molecule has 0 aromatic carbocycles. The molecular weight excluding hydrogens is 198 g/mol. The van der Waals surface area contributed by atoms with E-state index in [1.54, 1.807) is 0 Å². The van der Waals surface area contributed by atoms with Crippen LogP contribution in [0.25, 0.3) is 0 Å². The lowest BCUT2D eigenvalue weighted by Crippen LogP contribution is -2.51. The number of nitrogens with one attached hydrogen (secondary N) is 2. The van der Waals surface area contributed by atoms with Crippen LogP contribution >= 0.6 is 0 Å². The van der Waals surface area contributed by atoms with Crippen molar-refractivity contribution in [2.45, 2.75) is 39.2 Å². The van der Waals surface area contributed by atoms with E-state index in [4.69, 9.17) is 0 Å². The molecule has 0 atom stereocenters. The molecule has 1 aromatic rings. The highest BCUT2D eigenvalue weighted by Crippen LogP contribution is 2.27. The second-order valence-corrected chi connectivity index (χ2v) is 5.63. The summed E-state index contributed by atoms with van der Waals surface area (Å²) in [5, 5.41) is 6.69. The van der Waals surface area contributed by atoms with Crippen molar-refractivity contribution in [3.63, 3.8) is 0 Å². The first-order valence-corrected chi connectivity index (χ1v) is 5.91. The Balaban J connectivity index is 2.20. The van der Waals surface area contributed by atoms with Crippen LogP contribution in [0.2, 0.25) is 0 Å². The molecule has 3 heteroatoms. The van der Waals surface area contributed by atoms with Crippen molar-refractivity contribution in [2.75, 3.05) is 18.4 Å². The molecule has 2 heterocycles. The maximum atomic E-state index is 4.44. The Kier molecular flexibility index (Phi) is 2.89. The van der Waals surface area contributed by atoms with Gasteiger partial charge in [0.1, 0.15) is 5.82 Å². The Hall–Kier alpha value is -1.09. The minimum absolute atomic E-state index is 0.182. The lowest BCUT2D eigenvalue weighted by Gasteiger charge is -2.29. The summed E-state index contributed by atoms with van der Waals surface area (Å²) in [6.45, 7) is 10.9. The second-order valence-electron chi connectivity index (χ2n) is 5.63. The van der Waals surface area contributed by atoms with E-state index < -0.39 is 0 Å². The number of nitrogens with zero attached hydrogens (tertiary/aromatic N) is 1. The molecule has 88 valence electrons. The largest absolute Gasteiger partial charge is 0.365 e. The molecule has 1 aliphatic rings. The average Bonchev–Trinajstić information content (AvgIpc) is 2.12. The van der Waals surface area contributed by atoms with Gasteiger partial charge in [0, 0.05) is 19.3 Å². The van der Waals surface area contributed by atoms with Crippen LogP contribution < -0.4 is 10.6 Å². The van der Waals surface area contributed by atoms with Crippen molar-refractivity contribution in [1.29, 1.82) is 0 Å². The van der Waals surface area contributed by atoms with Crippen molar-refractivity contribution in [2.24, 2.45) is 0 Å². The van der Waals surface area contributed by atoms with Crippen molar-refractivity contribution in [1.82, 2.24) is 10.3 Å². The molecule has 2 rings (SSSR count). The Labute approximate surface area is 97.7 Å². The van der Waals surface area contributed by atoms with Crippen molar-refractivity contribution in [3.8, 4) is 0 Å². The minimum atomic E-state index is 0.182. The van der Waals surface area contributed by atoms with Gasteiger partial charge in [-0.15, -0.1) is 0 Å². The molecule has 0 aliphatic carbocycles. The maximum Gasteiger partial charge on any atom is 0.126 e. The molecule has 1 saturated heterocycles. The predicted octanol–water partition coefficient (Wildman–Crippen LogP) is 2.07. The molecule has 0 amide bonds. The van der Waals surface area contributed by atoms with Crippen molar-refractivity contribution < 1.29 is 0 Å². The lowest BCUT2D eigenvalue weighted by molar-refractivity contribution is 0.471. The number of rotatable bonds is 2. The summed E-state index contributed by atoms with van der Waals surface area (Å²) in [5.41, 5.74) is 2.82. The van der Waals surface area contributed by atoms with Crippen molar-refractivity contribution in [3.05, 3.63) is 23.4 Å². The number of aromatic nitrogens is 1. The van der Waals surface area contributed by atoms with Crippen LogP contribution in [0.1, 0.15) is 31.9 Å². The molecule has 0 unspecified atom stereocenters. The molecule has 2 N–H and O–H groups in total. The normalized spacial score (nSPS) is 17.0. The van der Waals surface area contributed by atoms with Gasteiger partial charge in [-0.3, -0.25) is 0 Å². The number of aryl methyl sites for hydroxylation is 1. The standard InChI is InChI=1S/C13H21N3/c1-9-6-15-12(16-10-7-14-8-10)5-11(9)13(2,3)4/h5-6,10,14H,7-8H2,1-4H3,(H,15,16). The van der Waals surface area contributed by atoms with E-state index in [0.29, 0.717) is 6.04 Å². The first-order valence-electron chi connectivity index (χ1n) is 5.91. The minimum Gasteiger partial charge on any atom is -0.365 e. The fraction of sp³-hybridized carbons (Fsp3) is 0.615. The third kappa shape index (κ3) is 2.35. The first-order chi connectivity index (χ1) is 7.47. The Morgan fingerprint density at radius 3 is 2.56 bits per heavy atom. The number of hydrogen-bond donors (Lipinski definition) is 2. The van der Waals surface area contributed by atoms with Crippen LogP contribution in [0.5, 0.6) is 0 Å².